The van der Waals surface area contributed by atoms with Gasteiger partial charge in [-0.3, -0.25) is 9.59 Å². The summed E-state index contributed by atoms with van der Waals surface area (Å²) in [5.41, 5.74) is 1.48. The van der Waals surface area contributed by atoms with Crippen molar-refractivity contribution in [2.45, 2.75) is 45.4 Å². The van der Waals surface area contributed by atoms with Gasteiger partial charge in [0.25, 0.3) is 0 Å². The van der Waals surface area contributed by atoms with Crippen molar-refractivity contribution < 1.29 is 48.0 Å². The van der Waals surface area contributed by atoms with Crippen molar-refractivity contribution in [3.8, 4) is 17.2 Å². The number of pyridine rings is 1. The van der Waals surface area contributed by atoms with E-state index in [0.29, 0.717) is 41.0 Å². The van der Waals surface area contributed by atoms with E-state index in [4.69, 9.17) is 23.7 Å². The molecule has 1 aliphatic rings. The molecule has 3 unspecified atom stereocenters. The summed E-state index contributed by atoms with van der Waals surface area (Å²) in [4.78, 5) is 58.9. The molecule has 2 aromatic carbocycles. The number of esters is 2. The van der Waals surface area contributed by atoms with Gasteiger partial charge in [-0.1, -0.05) is 37.3 Å². The van der Waals surface area contributed by atoms with Crippen LogP contribution in [0.1, 0.15) is 53.5 Å². The van der Waals surface area contributed by atoms with E-state index in [1.807, 2.05) is 6.92 Å². The van der Waals surface area contributed by atoms with Crippen molar-refractivity contribution in [3.63, 3.8) is 0 Å². The van der Waals surface area contributed by atoms with Crippen molar-refractivity contribution >= 4 is 23.8 Å². The van der Waals surface area contributed by atoms with Crippen molar-refractivity contribution in [1.82, 2.24) is 9.88 Å². The zero-order chi connectivity index (χ0) is 32.5. The van der Waals surface area contributed by atoms with Crippen LogP contribution in [0.4, 0.5) is 0 Å². The predicted molar refractivity (Wildman–Crippen MR) is 160 cm³/mol. The second-order valence-corrected chi connectivity index (χ2v) is 10.3. The molecule has 0 bridgehead atoms. The molecule has 1 amide bonds. The highest BCUT2D eigenvalue weighted by atomic mass is 16.6. The molecule has 2 heterocycles. The number of benzene rings is 2. The van der Waals surface area contributed by atoms with Crippen LogP contribution in [0.25, 0.3) is 0 Å². The Morgan fingerprint density at radius 1 is 1.00 bits per heavy atom. The molecule has 3 aromatic rings. The van der Waals surface area contributed by atoms with Crippen LogP contribution in [-0.2, 0) is 36.9 Å². The number of carboxylic acids is 1. The Bertz CT molecular complexity index is 1530. The number of nitrogens with zero attached hydrogens (tertiary/aromatic N) is 2. The van der Waals surface area contributed by atoms with Crippen molar-refractivity contribution in [1.29, 1.82) is 0 Å². The summed E-state index contributed by atoms with van der Waals surface area (Å²) >= 11 is 0. The minimum absolute atomic E-state index is 0.109. The number of aromatic nitrogens is 1. The van der Waals surface area contributed by atoms with Gasteiger partial charge >= 0.3 is 17.9 Å². The Labute approximate surface area is 260 Å². The average molecular weight is 621 g/mol. The van der Waals surface area contributed by atoms with E-state index < -0.39 is 41.9 Å². The zero-order valence-electron chi connectivity index (χ0n) is 25.6. The predicted octanol–water partition coefficient (Wildman–Crippen LogP) is 4.00. The number of hydrogen-bond donors (Lipinski definition) is 1. The molecular formula is C33H36N2O10. The number of ether oxygens (including phenoxy) is 5. The standard InChI is InChI=1S/C33H36N2O10/c1-5-16-43-24-12-9-14-34-28(24)32(39)45-30(33(40)44-19-21-10-7-6-8-11-21)27(31(37)38)29-23-18-26(42-4)25(41-3)17-22(23)13-15-35(29)20(2)36/h6-12,14,17-18,27,29-30H,5,13,15-16,19H2,1-4H3,(H,37,38). The molecule has 1 aromatic heterocycles. The van der Waals surface area contributed by atoms with Gasteiger partial charge in [0.1, 0.15) is 12.5 Å². The number of fused-ring (bicyclic) bond motifs is 1. The number of hydrogen-bond acceptors (Lipinski definition) is 10. The minimum Gasteiger partial charge on any atom is -0.493 e. The number of carboxylic acid groups (broad SMARTS) is 1. The maximum Gasteiger partial charge on any atom is 0.361 e. The van der Waals surface area contributed by atoms with Crippen molar-refractivity contribution in [2.75, 3.05) is 27.4 Å². The number of carbonyl (C=O) groups is 4. The van der Waals surface area contributed by atoms with E-state index in [-0.39, 0.29) is 31.2 Å². The van der Waals surface area contributed by atoms with Crippen LogP contribution in [0.3, 0.4) is 0 Å². The molecule has 12 heteroatoms. The molecule has 12 nitrogen and oxygen atoms in total. The summed E-state index contributed by atoms with van der Waals surface area (Å²) in [6.07, 6.45) is 0.384. The first kappa shape index (κ1) is 32.8. The first-order valence-corrected chi connectivity index (χ1v) is 14.4. The van der Waals surface area contributed by atoms with Gasteiger partial charge in [0.2, 0.25) is 12.0 Å². The molecule has 0 radical (unpaired) electrons. The van der Waals surface area contributed by atoms with E-state index in [2.05, 4.69) is 4.98 Å². The molecule has 0 saturated heterocycles. The summed E-state index contributed by atoms with van der Waals surface area (Å²) < 4.78 is 27.8. The van der Waals surface area contributed by atoms with Crippen LogP contribution < -0.4 is 14.2 Å². The SMILES string of the molecule is CCCOc1cccnc1C(=O)OC(C(=O)OCc1ccccc1)C(C(=O)O)C1c2cc(OC)c(OC)cc2CCN1C(C)=O. The van der Waals surface area contributed by atoms with Crippen molar-refractivity contribution in [3.05, 3.63) is 83.2 Å². The lowest BCUT2D eigenvalue weighted by Crippen LogP contribution is -2.51. The van der Waals surface area contributed by atoms with Gasteiger partial charge in [0.15, 0.2) is 22.9 Å². The van der Waals surface area contributed by atoms with E-state index in [0.717, 1.165) is 0 Å². The Morgan fingerprint density at radius 3 is 2.36 bits per heavy atom. The topological polar surface area (TPSA) is 151 Å². The summed E-state index contributed by atoms with van der Waals surface area (Å²) in [6, 6.07) is 13.9. The Morgan fingerprint density at radius 2 is 1.71 bits per heavy atom. The third-order valence-corrected chi connectivity index (χ3v) is 7.39. The second kappa shape index (κ2) is 15.0. The van der Waals surface area contributed by atoms with Gasteiger partial charge in [0.05, 0.1) is 26.9 Å². The highest BCUT2D eigenvalue weighted by Crippen LogP contribution is 2.43. The fourth-order valence-electron chi connectivity index (χ4n) is 5.27. The number of methoxy groups -OCH3 is 2. The molecule has 0 fully saturated rings. The minimum atomic E-state index is -1.99. The fourth-order valence-corrected chi connectivity index (χ4v) is 5.27. The summed E-state index contributed by atoms with van der Waals surface area (Å²) in [5, 5.41) is 10.7. The highest BCUT2D eigenvalue weighted by Gasteiger charge is 2.49. The van der Waals surface area contributed by atoms with Crippen LogP contribution in [0.5, 0.6) is 17.2 Å². The average Bonchev–Trinajstić information content (AvgIpc) is 3.05. The number of aliphatic carboxylic acids is 1. The van der Waals surface area contributed by atoms with Crippen LogP contribution >= 0.6 is 0 Å². The quantitative estimate of drug-likeness (QED) is 0.276. The summed E-state index contributed by atoms with van der Waals surface area (Å²) in [6.45, 7) is 3.40. The zero-order valence-corrected chi connectivity index (χ0v) is 25.6. The van der Waals surface area contributed by atoms with Crippen LogP contribution in [-0.4, -0.2) is 72.3 Å². The first-order valence-electron chi connectivity index (χ1n) is 14.4. The van der Waals surface area contributed by atoms with Gasteiger partial charge in [-0.15, -0.1) is 0 Å². The van der Waals surface area contributed by atoms with E-state index in [9.17, 15) is 24.3 Å². The number of rotatable bonds is 13. The van der Waals surface area contributed by atoms with E-state index >= 15 is 0 Å². The number of amides is 1. The second-order valence-electron chi connectivity index (χ2n) is 10.3. The van der Waals surface area contributed by atoms with Gasteiger partial charge in [-0.05, 0) is 53.8 Å². The van der Waals surface area contributed by atoms with Crippen molar-refractivity contribution in [2.24, 2.45) is 5.92 Å². The molecule has 3 atom stereocenters. The lowest BCUT2D eigenvalue weighted by atomic mass is 9.81. The normalized spacial score (nSPS) is 15.2. The fraction of sp³-hybridized carbons (Fsp3) is 0.364. The Kier molecular flexibility index (Phi) is 11.0. The van der Waals surface area contributed by atoms with Crippen LogP contribution in [0.15, 0.2) is 60.8 Å². The van der Waals surface area contributed by atoms with Crippen LogP contribution in [0.2, 0.25) is 0 Å². The molecule has 0 saturated carbocycles. The number of carbonyl (C=O) groups excluding carboxylic acids is 3. The lowest BCUT2D eigenvalue weighted by molar-refractivity contribution is -0.170. The molecule has 238 valence electrons. The Balaban J connectivity index is 1.82. The molecule has 45 heavy (non-hydrogen) atoms. The summed E-state index contributed by atoms with van der Waals surface area (Å²) in [5.74, 6) is -5.10. The molecule has 0 spiro atoms. The van der Waals surface area contributed by atoms with E-state index in [1.54, 1.807) is 48.5 Å². The molecule has 0 aliphatic carbocycles. The van der Waals surface area contributed by atoms with E-state index in [1.165, 1.54) is 38.3 Å². The first-order chi connectivity index (χ1) is 21.7. The smallest absolute Gasteiger partial charge is 0.361 e. The molecule has 1 aliphatic heterocycles. The van der Waals surface area contributed by atoms with Gasteiger partial charge in [-0.25, -0.2) is 14.6 Å². The summed E-state index contributed by atoms with van der Waals surface area (Å²) in [7, 11) is 2.90. The maximum atomic E-state index is 13.8. The molecule has 1 N–H and O–H groups in total. The third-order valence-electron chi connectivity index (χ3n) is 7.39. The largest absolute Gasteiger partial charge is 0.493 e. The monoisotopic (exact) mass is 620 g/mol. The van der Waals surface area contributed by atoms with Gasteiger partial charge in [-0.2, -0.15) is 0 Å². The Hall–Kier alpha value is -5.13. The molecular weight excluding hydrogens is 584 g/mol. The highest BCUT2D eigenvalue weighted by molar-refractivity contribution is 5.93. The lowest BCUT2D eigenvalue weighted by Gasteiger charge is -2.41. The third kappa shape index (κ3) is 7.51. The van der Waals surface area contributed by atoms with Crippen LogP contribution in [0, 0.1) is 5.92 Å². The molecule has 4 rings (SSSR count). The van der Waals surface area contributed by atoms with Gasteiger partial charge < -0.3 is 33.7 Å². The van der Waals surface area contributed by atoms with Gasteiger partial charge in [0, 0.05) is 19.7 Å². The maximum absolute atomic E-state index is 13.8.